The highest BCUT2D eigenvalue weighted by Gasteiger charge is 2.43. The fourth-order valence-corrected chi connectivity index (χ4v) is 1.96. The Bertz CT molecular complexity index is 276. The Labute approximate surface area is 88.9 Å². The molecule has 15 heavy (non-hydrogen) atoms. The zero-order valence-corrected chi connectivity index (χ0v) is 9.22. The third-order valence-corrected chi connectivity index (χ3v) is 2.64. The van der Waals surface area contributed by atoms with Gasteiger partial charge >= 0.3 is 0 Å². The molecule has 1 fully saturated rings. The van der Waals surface area contributed by atoms with Crippen LogP contribution in [-0.4, -0.2) is 30.3 Å². The number of alkyl halides is 2. The van der Waals surface area contributed by atoms with E-state index in [-0.39, 0.29) is 18.7 Å². The first kappa shape index (κ1) is 12.1. The van der Waals surface area contributed by atoms with E-state index in [9.17, 15) is 13.6 Å². The standard InChI is InChI=1S/C11H17F2NO/c1-8(2)7-14(3)10(15)9-4-5-11(12,13)6-9/h9H,1,4-7H2,2-3H3. The number of carbonyl (C=O) groups excluding carboxylic acids is 1. The topological polar surface area (TPSA) is 20.3 Å². The maximum absolute atomic E-state index is 12.9. The monoisotopic (exact) mass is 217 g/mol. The summed E-state index contributed by atoms with van der Waals surface area (Å²) in [5.74, 6) is -3.34. The van der Waals surface area contributed by atoms with E-state index in [2.05, 4.69) is 6.58 Å². The van der Waals surface area contributed by atoms with Gasteiger partial charge in [-0.1, -0.05) is 12.2 Å². The van der Waals surface area contributed by atoms with Crippen molar-refractivity contribution in [3.05, 3.63) is 12.2 Å². The van der Waals surface area contributed by atoms with Crippen LogP contribution in [0.25, 0.3) is 0 Å². The van der Waals surface area contributed by atoms with Crippen molar-refractivity contribution in [3.63, 3.8) is 0 Å². The lowest BCUT2D eigenvalue weighted by atomic mass is 10.1. The van der Waals surface area contributed by atoms with E-state index in [0.29, 0.717) is 13.0 Å². The molecule has 0 N–H and O–H groups in total. The van der Waals surface area contributed by atoms with E-state index in [0.717, 1.165) is 5.57 Å². The summed E-state index contributed by atoms with van der Waals surface area (Å²) in [6, 6.07) is 0. The van der Waals surface area contributed by atoms with Gasteiger partial charge in [-0.2, -0.15) is 0 Å². The van der Waals surface area contributed by atoms with Crippen molar-refractivity contribution < 1.29 is 13.6 Å². The summed E-state index contributed by atoms with van der Waals surface area (Å²) < 4.78 is 25.8. The highest BCUT2D eigenvalue weighted by atomic mass is 19.3. The lowest BCUT2D eigenvalue weighted by molar-refractivity contribution is -0.134. The van der Waals surface area contributed by atoms with E-state index in [1.165, 1.54) is 4.90 Å². The minimum atomic E-state index is -2.65. The van der Waals surface area contributed by atoms with Gasteiger partial charge in [0.25, 0.3) is 0 Å². The van der Waals surface area contributed by atoms with Gasteiger partial charge in [0.15, 0.2) is 0 Å². The predicted octanol–water partition coefficient (Wildman–Crippen LogP) is 2.46. The van der Waals surface area contributed by atoms with Crippen molar-refractivity contribution in [2.45, 2.75) is 32.1 Å². The summed E-state index contributed by atoms with van der Waals surface area (Å²) in [6.45, 7) is 5.95. The lowest BCUT2D eigenvalue weighted by Gasteiger charge is -2.21. The molecule has 86 valence electrons. The Kier molecular flexibility index (Phi) is 3.47. The van der Waals surface area contributed by atoms with Crippen LogP contribution in [0, 0.1) is 5.92 Å². The smallest absolute Gasteiger partial charge is 0.248 e. The van der Waals surface area contributed by atoms with E-state index >= 15 is 0 Å². The normalized spacial score (nSPS) is 23.9. The molecule has 1 rings (SSSR count). The Morgan fingerprint density at radius 2 is 2.20 bits per heavy atom. The maximum Gasteiger partial charge on any atom is 0.248 e. The zero-order chi connectivity index (χ0) is 11.6. The second-order valence-electron chi connectivity index (χ2n) is 4.45. The number of likely N-dealkylation sites (N-methyl/N-ethyl adjacent to an activating group) is 1. The molecule has 0 bridgehead atoms. The molecule has 1 aliphatic carbocycles. The van der Waals surface area contributed by atoms with Crippen molar-refractivity contribution in [2.75, 3.05) is 13.6 Å². The zero-order valence-electron chi connectivity index (χ0n) is 9.22. The molecular weight excluding hydrogens is 200 g/mol. The van der Waals surface area contributed by atoms with Crippen molar-refractivity contribution in [1.82, 2.24) is 4.90 Å². The van der Waals surface area contributed by atoms with Crippen molar-refractivity contribution in [1.29, 1.82) is 0 Å². The molecule has 1 atom stereocenters. The fraction of sp³-hybridized carbons (Fsp3) is 0.727. The third kappa shape index (κ3) is 3.29. The molecule has 1 aliphatic rings. The van der Waals surface area contributed by atoms with Gasteiger partial charge in [0.1, 0.15) is 0 Å². The van der Waals surface area contributed by atoms with Gasteiger partial charge < -0.3 is 4.90 Å². The molecule has 0 radical (unpaired) electrons. The summed E-state index contributed by atoms with van der Waals surface area (Å²) >= 11 is 0. The molecule has 0 aromatic heterocycles. The number of hydrogen-bond donors (Lipinski definition) is 0. The molecule has 1 unspecified atom stereocenters. The highest BCUT2D eigenvalue weighted by Crippen LogP contribution is 2.39. The van der Waals surface area contributed by atoms with Crippen LogP contribution in [0.2, 0.25) is 0 Å². The van der Waals surface area contributed by atoms with Crippen LogP contribution in [0.1, 0.15) is 26.2 Å². The van der Waals surface area contributed by atoms with Crippen LogP contribution in [-0.2, 0) is 4.79 Å². The number of carbonyl (C=O) groups is 1. The fourth-order valence-electron chi connectivity index (χ4n) is 1.96. The van der Waals surface area contributed by atoms with Gasteiger partial charge in [0, 0.05) is 32.4 Å². The summed E-state index contributed by atoms with van der Waals surface area (Å²) in [5.41, 5.74) is 0.857. The molecule has 0 heterocycles. The Morgan fingerprint density at radius 3 is 2.60 bits per heavy atom. The van der Waals surface area contributed by atoms with E-state index < -0.39 is 11.8 Å². The Morgan fingerprint density at radius 1 is 1.60 bits per heavy atom. The maximum atomic E-state index is 12.9. The second kappa shape index (κ2) is 4.29. The molecule has 0 saturated heterocycles. The highest BCUT2D eigenvalue weighted by molar-refractivity contribution is 5.79. The first-order valence-corrected chi connectivity index (χ1v) is 5.09. The van der Waals surface area contributed by atoms with E-state index in [1.807, 2.05) is 6.92 Å². The van der Waals surface area contributed by atoms with Crippen molar-refractivity contribution in [2.24, 2.45) is 5.92 Å². The number of rotatable bonds is 3. The van der Waals surface area contributed by atoms with Gasteiger partial charge in [-0.25, -0.2) is 8.78 Å². The van der Waals surface area contributed by atoms with E-state index in [4.69, 9.17) is 0 Å². The first-order chi connectivity index (χ1) is 6.82. The number of nitrogens with zero attached hydrogens (tertiary/aromatic N) is 1. The van der Waals surface area contributed by atoms with Gasteiger partial charge in [0.05, 0.1) is 0 Å². The number of hydrogen-bond acceptors (Lipinski definition) is 1. The second-order valence-corrected chi connectivity index (χ2v) is 4.45. The molecule has 0 aliphatic heterocycles. The molecular formula is C11H17F2NO. The number of amides is 1. The van der Waals surface area contributed by atoms with Gasteiger partial charge in [-0.05, 0) is 13.3 Å². The molecule has 1 amide bonds. The molecule has 1 saturated carbocycles. The third-order valence-electron chi connectivity index (χ3n) is 2.64. The van der Waals surface area contributed by atoms with Gasteiger partial charge in [-0.3, -0.25) is 4.79 Å². The SMILES string of the molecule is C=C(C)CN(C)C(=O)C1CCC(F)(F)C1. The average Bonchev–Trinajstić information content (AvgIpc) is 2.43. The summed E-state index contributed by atoms with van der Waals surface area (Å²) in [7, 11) is 1.63. The molecule has 0 spiro atoms. The molecule has 4 heteroatoms. The molecule has 0 aromatic carbocycles. The van der Waals surface area contributed by atoms with E-state index in [1.54, 1.807) is 7.05 Å². The Hall–Kier alpha value is -0.930. The Balaban J connectivity index is 2.51. The predicted molar refractivity (Wildman–Crippen MR) is 54.7 cm³/mol. The van der Waals surface area contributed by atoms with Crippen LogP contribution in [0.4, 0.5) is 8.78 Å². The quantitative estimate of drug-likeness (QED) is 0.665. The van der Waals surface area contributed by atoms with Crippen LogP contribution >= 0.6 is 0 Å². The summed E-state index contributed by atoms with van der Waals surface area (Å²) in [4.78, 5) is 13.2. The minimum Gasteiger partial charge on any atom is -0.342 e. The van der Waals surface area contributed by atoms with Crippen LogP contribution in [0.15, 0.2) is 12.2 Å². The van der Waals surface area contributed by atoms with Crippen molar-refractivity contribution in [3.8, 4) is 0 Å². The van der Waals surface area contributed by atoms with Gasteiger partial charge in [-0.15, -0.1) is 0 Å². The van der Waals surface area contributed by atoms with Crippen LogP contribution in [0.3, 0.4) is 0 Å². The average molecular weight is 217 g/mol. The van der Waals surface area contributed by atoms with Crippen molar-refractivity contribution >= 4 is 5.91 Å². The molecule has 2 nitrogen and oxygen atoms in total. The number of halogens is 2. The summed E-state index contributed by atoms with van der Waals surface area (Å²) in [6.07, 6.45) is -0.164. The minimum absolute atomic E-state index is 0.162. The lowest BCUT2D eigenvalue weighted by Crippen LogP contribution is -2.33. The first-order valence-electron chi connectivity index (χ1n) is 5.09. The largest absolute Gasteiger partial charge is 0.342 e. The van der Waals surface area contributed by atoms with Crippen LogP contribution < -0.4 is 0 Å². The molecule has 0 aromatic rings. The van der Waals surface area contributed by atoms with Crippen LogP contribution in [0.5, 0.6) is 0 Å². The summed E-state index contributed by atoms with van der Waals surface area (Å²) in [5, 5.41) is 0. The van der Waals surface area contributed by atoms with Gasteiger partial charge in [0.2, 0.25) is 11.8 Å².